The van der Waals surface area contributed by atoms with E-state index in [2.05, 4.69) is 18.2 Å². The maximum absolute atomic E-state index is 11.9. The molecular formula is C18H32O9S. The Hall–Kier alpha value is -1.49. The van der Waals surface area contributed by atoms with Gasteiger partial charge in [0.1, 0.15) is 12.7 Å². The highest BCUT2D eigenvalue weighted by Crippen LogP contribution is 2.10. The Morgan fingerprint density at radius 2 is 1.71 bits per heavy atom. The van der Waals surface area contributed by atoms with Crippen molar-refractivity contribution in [2.24, 2.45) is 0 Å². The number of unbranched alkanes of at least 4 members (excludes halogenated alkanes) is 5. The first-order valence-corrected chi connectivity index (χ1v) is 10.9. The van der Waals surface area contributed by atoms with Crippen molar-refractivity contribution in [1.82, 2.24) is 0 Å². The van der Waals surface area contributed by atoms with Crippen LogP contribution >= 0.6 is 0 Å². The number of rotatable bonds is 17. The fourth-order valence-electron chi connectivity index (χ4n) is 2.20. The van der Waals surface area contributed by atoms with Gasteiger partial charge in [-0.1, -0.05) is 45.1 Å². The van der Waals surface area contributed by atoms with Gasteiger partial charge in [-0.2, -0.15) is 8.42 Å². The predicted octanol–water partition coefficient (Wildman–Crippen LogP) is 1.64. The number of carbonyl (C=O) groups excluding carboxylic acids is 2. The van der Waals surface area contributed by atoms with Crippen LogP contribution in [0.5, 0.6) is 0 Å². The Balaban J connectivity index is 4.33. The SMILES string of the molecule is C=CCOCC(O)COC(=O)C(CC(=O)OCCCCCCCC)S(=O)(=O)O. The van der Waals surface area contributed by atoms with Gasteiger partial charge >= 0.3 is 11.9 Å². The summed E-state index contributed by atoms with van der Waals surface area (Å²) >= 11 is 0. The standard InChI is InChI=1S/C18H32O9S/c1-3-5-6-7-8-9-11-26-17(20)12-16(28(22,23)24)18(21)27-14-15(19)13-25-10-4-2/h4,15-16,19H,2-3,5-14H2,1H3,(H,22,23,24). The van der Waals surface area contributed by atoms with Gasteiger partial charge in [0, 0.05) is 0 Å². The summed E-state index contributed by atoms with van der Waals surface area (Å²) in [6.07, 6.45) is 5.31. The molecule has 0 saturated carbocycles. The first-order valence-electron chi connectivity index (χ1n) is 9.37. The highest BCUT2D eigenvalue weighted by Gasteiger charge is 2.35. The van der Waals surface area contributed by atoms with Gasteiger partial charge in [-0.25, -0.2) is 0 Å². The van der Waals surface area contributed by atoms with Gasteiger partial charge in [-0.3, -0.25) is 14.1 Å². The van der Waals surface area contributed by atoms with Crippen LogP contribution in [0.25, 0.3) is 0 Å². The van der Waals surface area contributed by atoms with Crippen molar-refractivity contribution >= 4 is 22.1 Å². The first-order chi connectivity index (χ1) is 13.2. The molecule has 0 aliphatic heterocycles. The minimum atomic E-state index is -4.88. The monoisotopic (exact) mass is 424 g/mol. The molecule has 0 aromatic carbocycles. The van der Waals surface area contributed by atoms with E-state index < -0.39 is 46.4 Å². The number of esters is 2. The lowest BCUT2D eigenvalue weighted by molar-refractivity contribution is -0.152. The van der Waals surface area contributed by atoms with E-state index in [4.69, 9.17) is 9.47 Å². The smallest absolute Gasteiger partial charge is 0.327 e. The Bertz CT molecular complexity index is 559. The van der Waals surface area contributed by atoms with Gasteiger partial charge in [0.2, 0.25) is 0 Å². The molecule has 2 atom stereocenters. The molecule has 164 valence electrons. The van der Waals surface area contributed by atoms with Crippen molar-refractivity contribution in [3.05, 3.63) is 12.7 Å². The zero-order chi connectivity index (χ0) is 21.4. The van der Waals surface area contributed by atoms with Gasteiger partial charge in [0.25, 0.3) is 10.1 Å². The number of hydrogen-bond acceptors (Lipinski definition) is 8. The third-order valence-corrected chi connectivity index (χ3v) is 4.78. The van der Waals surface area contributed by atoms with Crippen LogP contribution in [0.4, 0.5) is 0 Å². The average molecular weight is 425 g/mol. The van der Waals surface area contributed by atoms with Crippen molar-refractivity contribution < 1.29 is 41.9 Å². The number of carbonyl (C=O) groups is 2. The zero-order valence-corrected chi connectivity index (χ0v) is 17.2. The molecule has 0 aliphatic rings. The molecular weight excluding hydrogens is 392 g/mol. The molecule has 0 aromatic rings. The minimum Gasteiger partial charge on any atom is -0.466 e. The van der Waals surface area contributed by atoms with Crippen LogP contribution < -0.4 is 0 Å². The third-order valence-electron chi connectivity index (χ3n) is 3.70. The van der Waals surface area contributed by atoms with Gasteiger partial charge < -0.3 is 19.3 Å². The van der Waals surface area contributed by atoms with Crippen LogP contribution in [0.3, 0.4) is 0 Å². The van der Waals surface area contributed by atoms with Gasteiger partial charge in [0.05, 0.1) is 26.2 Å². The fraction of sp³-hybridized carbons (Fsp3) is 0.778. The molecule has 0 aromatic heterocycles. The average Bonchev–Trinajstić information content (AvgIpc) is 2.62. The molecule has 0 saturated heterocycles. The summed E-state index contributed by atoms with van der Waals surface area (Å²) in [6.45, 7) is 5.12. The first kappa shape index (κ1) is 26.5. The topological polar surface area (TPSA) is 136 Å². The van der Waals surface area contributed by atoms with Crippen molar-refractivity contribution in [1.29, 1.82) is 0 Å². The van der Waals surface area contributed by atoms with E-state index in [1.54, 1.807) is 0 Å². The maximum atomic E-state index is 11.9. The van der Waals surface area contributed by atoms with E-state index in [1.165, 1.54) is 6.08 Å². The molecule has 2 unspecified atom stereocenters. The number of aliphatic hydroxyl groups excluding tert-OH is 1. The molecule has 0 rings (SSSR count). The third kappa shape index (κ3) is 13.6. The molecule has 10 heteroatoms. The second-order valence-corrected chi connectivity index (χ2v) is 7.90. The lowest BCUT2D eigenvalue weighted by atomic mass is 10.1. The highest BCUT2D eigenvalue weighted by atomic mass is 32.2. The Morgan fingerprint density at radius 3 is 2.32 bits per heavy atom. The van der Waals surface area contributed by atoms with Crippen LogP contribution in [0, 0.1) is 0 Å². The fourth-order valence-corrected chi connectivity index (χ4v) is 2.85. The lowest BCUT2D eigenvalue weighted by Crippen LogP contribution is -2.36. The van der Waals surface area contributed by atoms with E-state index in [9.17, 15) is 27.7 Å². The van der Waals surface area contributed by atoms with E-state index in [1.807, 2.05) is 0 Å². The van der Waals surface area contributed by atoms with Crippen LogP contribution in [0.15, 0.2) is 12.7 Å². The van der Waals surface area contributed by atoms with E-state index >= 15 is 0 Å². The summed E-state index contributed by atoms with van der Waals surface area (Å²) in [6, 6.07) is 0. The Morgan fingerprint density at radius 1 is 1.07 bits per heavy atom. The summed E-state index contributed by atoms with van der Waals surface area (Å²) in [7, 11) is -4.88. The summed E-state index contributed by atoms with van der Waals surface area (Å²) in [4.78, 5) is 23.7. The van der Waals surface area contributed by atoms with Crippen LogP contribution in [0.1, 0.15) is 51.9 Å². The summed E-state index contributed by atoms with van der Waals surface area (Å²) in [5.74, 6) is -2.27. The van der Waals surface area contributed by atoms with Crippen molar-refractivity contribution in [2.75, 3.05) is 26.4 Å². The zero-order valence-electron chi connectivity index (χ0n) is 16.4. The van der Waals surface area contributed by atoms with Gasteiger partial charge in [-0.15, -0.1) is 6.58 Å². The van der Waals surface area contributed by atoms with Crippen LogP contribution in [-0.4, -0.2) is 67.8 Å². The lowest BCUT2D eigenvalue weighted by Gasteiger charge is -2.15. The van der Waals surface area contributed by atoms with Crippen LogP contribution in [0.2, 0.25) is 0 Å². The molecule has 0 amide bonds. The molecule has 2 N–H and O–H groups in total. The molecule has 0 radical (unpaired) electrons. The Labute approximate surface area is 166 Å². The molecule has 28 heavy (non-hydrogen) atoms. The highest BCUT2D eigenvalue weighted by molar-refractivity contribution is 7.87. The summed E-state index contributed by atoms with van der Waals surface area (Å²) < 4.78 is 46.5. The van der Waals surface area contributed by atoms with Crippen LogP contribution in [-0.2, 0) is 33.9 Å². The van der Waals surface area contributed by atoms with Gasteiger partial charge in [0.15, 0.2) is 5.25 Å². The largest absolute Gasteiger partial charge is 0.466 e. The number of aliphatic hydroxyl groups is 1. The maximum Gasteiger partial charge on any atom is 0.327 e. The summed E-state index contributed by atoms with van der Waals surface area (Å²) in [5, 5.41) is 7.47. The predicted molar refractivity (Wildman–Crippen MR) is 102 cm³/mol. The molecule has 0 heterocycles. The normalized spacial score (nSPS) is 13.5. The number of ether oxygens (including phenoxy) is 3. The molecule has 0 spiro atoms. The molecule has 0 bridgehead atoms. The molecule has 9 nitrogen and oxygen atoms in total. The van der Waals surface area contributed by atoms with Crippen molar-refractivity contribution in [2.45, 2.75) is 63.2 Å². The Kier molecular flexibility index (Phi) is 14.6. The quantitative estimate of drug-likeness (QED) is 0.154. The van der Waals surface area contributed by atoms with Crippen molar-refractivity contribution in [3.8, 4) is 0 Å². The molecule has 0 fully saturated rings. The molecule has 0 aliphatic carbocycles. The second-order valence-electron chi connectivity index (χ2n) is 6.31. The van der Waals surface area contributed by atoms with E-state index in [-0.39, 0.29) is 19.8 Å². The van der Waals surface area contributed by atoms with Gasteiger partial charge in [-0.05, 0) is 6.42 Å². The second kappa shape index (κ2) is 15.4. The summed E-state index contributed by atoms with van der Waals surface area (Å²) in [5.41, 5.74) is 0. The van der Waals surface area contributed by atoms with E-state index in [0.29, 0.717) is 6.42 Å². The number of hydrogen-bond donors (Lipinski definition) is 2. The minimum absolute atomic E-state index is 0.109. The van der Waals surface area contributed by atoms with Crippen molar-refractivity contribution in [3.63, 3.8) is 0 Å². The van der Waals surface area contributed by atoms with E-state index in [0.717, 1.165) is 32.1 Å².